The van der Waals surface area contributed by atoms with E-state index in [1.165, 1.54) is 22.9 Å². The number of amides is 1. The first-order valence-electron chi connectivity index (χ1n) is 12.1. The Kier molecular flexibility index (Phi) is 8.26. The lowest BCUT2D eigenvalue weighted by Crippen LogP contribution is -2.47. The van der Waals surface area contributed by atoms with E-state index < -0.39 is 0 Å². The van der Waals surface area contributed by atoms with Crippen LogP contribution in [0, 0.1) is 0 Å². The van der Waals surface area contributed by atoms with Crippen LogP contribution >= 0.6 is 11.8 Å². The van der Waals surface area contributed by atoms with E-state index in [9.17, 15) is 4.79 Å². The highest BCUT2D eigenvalue weighted by Crippen LogP contribution is 2.27. The summed E-state index contributed by atoms with van der Waals surface area (Å²) in [5.41, 5.74) is 3.69. The molecule has 4 rings (SSSR count). The lowest BCUT2D eigenvalue weighted by atomic mass is 9.87. The van der Waals surface area contributed by atoms with Crippen LogP contribution in [0.2, 0.25) is 0 Å². The minimum absolute atomic E-state index is 0.00101. The highest BCUT2D eigenvalue weighted by Gasteiger charge is 2.21. The first-order chi connectivity index (χ1) is 16.8. The molecule has 0 radical (unpaired) electrons. The maximum Gasteiger partial charge on any atom is 0.230 e. The number of morpholine rings is 1. The molecule has 1 saturated heterocycles. The van der Waals surface area contributed by atoms with E-state index in [1.807, 2.05) is 17.7 Å². The number of nitrogens with one attached hydrogen (secondary N) is 1. The van der Waals surface area contributed by atoms with E-state index in [0.29, 0.717) is 13.2 Å². The molecule has 0 saturated carbocycles. The van der Waals surface area contributed by atoms with E-state index in [0.717, 1.165) is 36.2 Å². The molecule has 0 unspecified atom stereocenters. The number of hydrogen-bond donors (Lipinski definition) is 1. The van der Waals surface area contributed by atoms with Crippen molar-refractivity contribution in [2.24, 2.45) is 7.05 Å². The molecule has 8 heteroatoms. The molecule has 1 aliphatic rings. The molecule has 1 amide bonds. The van der Waals surface area contributed by atoms with Crippen molar-refractivity contribution in [2.75, 3.05) is 32.0 Å². The van der Waals surface area contributed by atoms with E-state index in [-0.39, 0.29) is 23.2 Å². The van der Waals surface area contributed by atoms with Crippen molar-refractivity contribution in [3.63, 3.8) is 0 Å². The van der Waals surface area contributed by atoms with Crippen molar-refractivity contribution in [3.05, 3.63) is 65.7 Å². The van der Waals surface area contributed by atoms with Crippen LogP contribution in [0.3, 0.4) is 0 Å². The lowest BCUT2D eigenvalue weighted by Gasteiger charge is -2.33. The average molecular weight is 494 g/mol. The standard InChI is InChI=1S/C27H35N5O2S/c1-27(2,3)22-12-10-21(11-13-22)25-29-30-26(31(25)4)35-19-24(33)28-16-23-18-32(14-15-34-23)17-20-8-6-5-7-9-20/h5-13,23H,14-19H2,1-4H3,(H,28,33)/t23-/m0/s1. The molecule has 2 aromatic carbocycles. The number of benzene rings is 2. The number of ether oxygens (including phenoxy) is 1. The van der Waals surface area contributed by atoms with Crippen molar-refractivity contribution in [1.82, 2.24) is 25.0 Å². The van der Waals surface area contributed by atoms with Crippen molar-refractivity contribution in [2.45, 2.75) is 44.0 Å². The maximum absolute atomic E-state index is 12.5. The number of carbonyl (C=O) groups is 1. The minimum Gasteiger partial charge on any atom is -0.374 e. The van der Waals surface area contributed by atoms with Gasteiger partial charge < -0.3 is 14.6 Å². The van der Waals surface area contributed by atoms with E-state index in [1.54, 1.807) is 0 Å². The predicted octanol–water partition coefficient (Wildman–Crippen LogP) is 3.89. The van der Waals surface area contributed by atoms with Gasteiger partial charge in [-0.1, -0.05) is 87.1 Å². The summed E-state index contributed by atoms with van der Waals surface area (Å²) < 4.78 is 7.81. The first kappa shape index (κ1) is 25.4. The van der Waals surface area contributed by atoms with Crippen molar-refractivity contribution >= 4 is 17.7 Å². The summed E-state index contributed by atoms with van der Waals surface area (Å²) in [4.78, 5) is 14.9. The van der Waals surface area contributed by atoms with Crippen LogP contribution in [-0.2, 0) is 28.5 Å². The largest absolute Gasteiger partial charge is 0.374 e. The third-order valence-electron chi connectivity index (χ3n) is 6.18. The molecule has 1 atom stereocenters. The van der Waals surface area contributed by atoms with Crippen LogP contribution in [0.1, 0.15) is 31.9 Å². The zero-order valence-electron chi connectivity index (χ0n) is 21.0. The summed E-state index contributed by atoms with van der Waals surface area (Å²) in [6.07, 6.45) is -0.00101. The molecule has 0 aliphatic carbocycles. The molecule has 0 spiro atoms. The van der Waals surface area contributed by atoms with Gasteiger partial charge in [-0.15, -0.1) is 10.2 Å². The van der Waals surface area contributed by atoms with Crippen LogP contribution in [0.25, 0.3) is 11.4 Å². The van der Waals surface area contributed by atoms with Gasteiger partial charge in [0, 0.05) is 38.8 Å². The Morgan fingerprint density at radius 1 is 1.11 bits per heavy atom. The summed E-state index contributed by atoms with van der Waals surface area (Å²) in [7, 11) is 1.93. The smallest absolute Gasteiger partial charge is 0.230 e. The van der Waals surface area contributed by atoms with Crippen LogP contribution in [-0.4, -0.2) is 63.7 Å². The molecular weight excluding hydrogens is 458 g/mol. The molecule has 7 nitrogen and oxygen atoms in total. The number of hydrogen-bond acceptors (Lipinski definition) is 6. The van der Waals surface area contributed by atoms with Crippen LogP contribution in [0.5, 0.6) is 0 Å². The minimum atomic E-state index is -0.0298. The lowest BCUT2D eigenvalue weighted by molar-refractivity contribution is -0.119. The Morgan fingerprint density at radius 2 is 1.86 bits per heavy atom. The van der Waals surface area contributed by atoms with E-state index >= 15 is 0 Å². The van der Waals surface area contributed by atoms with E-state index in [2.05, 4.69) is 89.7 Å². The topological polar surface area (TPSA) is 72.3 Å². The van der Waals surface area contributed by atoms with Gasteiger partial charge in [0.25, 0.3) is 0 Å². The van der Waals surface area contributed by atoms with Gasteiger partial charge >= 0.3 is 0 Å². The monoisotopic (exact) mass is 493 g/mol. The number of rotatable bonds is 8. The third kappa shape index (κ3) is 6.93. The van der Waals surface area contributed by atoms with Gasteiger partial charge in [0.1, 0.15) is 0 Å². The van der Waals surface area contributed by atoms with Gasteiger partial charge in [0.15, 0.2) is 11.0 Å². The molecule has 1 aliphatic heterocycles. The van der Waals surface area contributed by atoms with Gasteiger partial charge in [0.05, 0.1) is 18.5 Å². The summed E-state index contributed by atoms with van der Waals surface area (Å²) >= 11 is 1.39. The number of thioether (sulfide) groups is 1. The van der Waals surface area contributed by atoms with Gasteiger partial charge in [0.2, 0.25) is 5.91 Å². The quantitative estimate of drug-likeness (QED) is 0.480. The Labute approximate surface area is 212 Å². The second kappa shape index (κ2) is 11.4. The summed E-state index contributed by atoms with van der Waals surface area (Å²) in [6.45, 7) is 10.4. The first-order valence-corrected chi connectivity index (χ1v) is 13.1. The van der Waals surface area contributed by atoms with Crippen molar-refractivity contribution < 1.29 is 9.53 Å². The normalized spacial score (nSPS) is 16.9. The third-order valence-corrected chi connectivity index (χ3v) is 7.20. The zero-order valence-corrected chi connectivity index (χ0v) is 21.8. The fourth-order valence-electron chi connectivity index (χ4n) is 4.11. The summed E-state index contributed by atoms with van der Waals surface area (Å²) in [5.74, 6) is 1.05. The molecule has 3 aromatic rings. The highest BCUT2D eigenvalue weighted by molar-refractivity contribution is 7.99. The SMILES string of the molecule is Cn1c(SCC(=O)NC[C@H]2CN(Cc3ccccc3)CCO2)nnc1-c1ccc(C(C)(C)C)cc1. The van der Waals surface area contributed by atoms with Crippen molar-refractivity contribution in [3.8, 4) is 11.4 Å². The maximum atomic E-state index is 12.5. The Balaban J connectivity index is 1.24. The molecule has 1 fully saturated rings. The van der Waals surface area contributed by atoms with E-state index in [4.69, 9.17) is 4.74 Å². The van der Waals surface area contributed by atoms with Crippen LogP contribution in [0.4, 0.5) is 0 Å². The van der Waals surface area contributed by atoms with Crippen molar-refractivity contribution in [1.29, 1.82) is 0 Å². The molecule has 1 N–H and O–H groups in total. The Morgan fingerprint density at radius 3 is 2.57 bits per heavy atom. The summed E-state index contributed by atoms with van der Waals surface area (Å²) in [6, 6.07) is 18.9. The summed E-state index contributed by atoms with van der Waals surface area (Å²) in [5, 5.41) is 12.4. The number of carbonyl (C=O) groups excluding carboxylic acids is 1. The Bertz CT molecular complexity index is 1110. The molecule has 2 heterocycles. The fraction of sp³-hybridized carbons (Fsp3) is 0.444. The molecule has 1 aromatic heterocycles. The van der Waals surface area contributed by atoms with Crippen LogP contribution in [0.15, 0.2) is 59.8 Å². The second-order valence-corrected chi connectivity index (χ2v) is 10.9. The van der Waals surface area contributed by atoms with Gasteiger partial charge in [-0.05, 0) is 16.5 Å². The van der Waals surface area contributed by atoms with Gasteiger partial charge in [-0.3, -0.25) is 9.69 Å². The number of aromatic nitrogens is 3. The predicted molar refractivity (Wildman–Crippen MR) is 140 cm³/mol. The molecule has 35 heavy (non-hydrogen) atoms. The average Bonchev–Trinajstić information content (AvgIpc) is 3.22. The second-order valence-electron chi connectivity index (χ2n) is 10.00. The van der Waals surface area contributed by atoms with Gasteiger partial charge in [-0.2, -0.15) is 0 Å². The zero-order chi connectivity index (χ0) is 24.8. The number of nitrogens with zero attached hydrogens (tertiary/aromatic N) is 4. The molecule has 186 valence electrons. The molecular formula is C27H35N5O2S. The Hall–Kier alpha value is -2.68. The fourth-order valence-corrected chi connectivity index (χ4v) is 4.85. The van der Waals surface area contributed by atoms with Gasteiger partial charge in [-0.25, -0.2) is 0 Å². The highest BCUT2D eigenvalue weighted by atomic mass is 32.2. The molecule has 0 bridgehead atoms. The van der Waals surface area contributed by atoms with Crippen LogP contribution < -0.4 is 5.32 Å².